The molecule has 0 atom stereocenters. The molecule has 4 nitrogen and oxygen atoms in total. The van der Waals surface area contributed by atoms with Gasteiger partial charge in [-0.3, -0.25) is 0 Å². The Balaban J connectivity index is 2.37. The highest BCUT2D eigenvalue weighted by Crippen LogP contribution is 2.24. The molecule has 0 unspecified atom stereocenters. The van der Waals surface area contributed by atoms with Gasteiger partial charge in [-0.15, -0.1) is 0 Å². The zero-order valence-electron chi connectivity index (χ0n) is 8.72. The highest BCUT2D eigenvalue weighted by atomic mass is 35.5. The second kappa shape index (κ2) is 5.07. The van der Waals surface area contributed by atoms with Crippen LogP contribution >= 0.6 is 23.8 Å². The van der Waals surface area contributed by atoms with Crippen molar-refractivity contribution in [2.45, 2.75) is 0 Å². The first-order valence-corrected chi connectivity index (χ1v) is 5.59. The SMILES string of the molecule is NC(=S)c1nccnc1Nc1ccccc1Cl. The largest absolute Gasteiger partial charge is 0.388 e. The maximum Gasteiger partial charge on any atom is 0.159 e. The minimum Gasteiger partial charge on any atom is -0.388 e. The summed E-state index contributed by atoms with van der Waals surface area (Å²) >= 11 is 10.9. The first-order valence-electron chi connectivity index (χ1n) is 4.81. The van der Waals surface area contributed by atoms with E-state index in [-0.39, 0.29) is 4.99 Å². The quantitative estimate of drug-likeness (QED) is 0.834. The first-order chi connectivity index (χ1) is 8.18. The molecule has 0 fully saturated rings. The Hall–Kier alpha value is -1.72. The molecule has 0 saturated heterocycles. The number of rotatable bonds is 3. The molecule has 1 aromatic carbocycles. The van der Waals surface area contributed by atoms with Crippen LogP contribution in [0.15, 0.2) is 36.7 Å². The third-order valence-electron chi connectivity index (χ3n) is 2.06. The topological polar surface area (TPSA) is 63.8 Å². The Morgan fingerprint density at radius 2 is 1.94 bits per heavy atom. The number of thiocarbonyl (C=S) groups is 1. The minimum absolute atomic E-state index is 0.188. The van der Waals surface area contributed by atoms with Crippen LogP contribution in [0.1, 0.15) is 5.69 Å². The lowest BCUT2D eigenvalue weighted by Gasteiger charge is -2.09. The summed E-state index contributed by atoms with van der Waals surface area (Å²) in [6, 6.07) is 7.32. The number of hydrogen-bond donors (Lipinski definition) is 2. The van der Waals surface area contributed by atoms with E-state index < -0.39 is 0 Å². The second-order valence-corrected chi connectivity index (χ2v) is 4.07. The van der Waals surface area contributed by atoms with Crippen LogP contribution in [0.2, 0.25) is 5.02 Å². The summed E-state index contributed by atoms with van der Waals surface area (Å²) in [6.07, 6.45) is 3.09. The summed E-state index contributed by atoms with van der Waals surface area (Å²) in [4.78, 5) is 8.39. The lowest BCUT2D eigenvalue weighted by molar-refractivity contribution is 1.18. The summed E-state index contributed by atoms with van der Waals surface area (Å²) in [7, 11) is 0. The van der Waals surface area contributed by atoms with Crippen molar-refractivity contribution in [3.63, 3.8) is 0 Å². The van der Waals surface area contributed by atoms with Gasteiger partial charge >= 0.3 is 0 Å². The van der Waals surface area contributed by atoms with Crippen LogP contribution in [0, 0.1) is 0 Å². The molecule has 1 heterocycles. The maximum atomic E-state index is 6.03. The van der Waals surface area contributed by atoms with Gasteiger partial charge in [0.05, 0.1) is 10.7 Å². The zero-order chi connectivity index (χ0) is 12.3. The van der Waals surface area contributed by atoms with Crippen molar-refractivity contribution in [3.8, 4) is 0 Å². The lowest BCUT2D eigenvalue weighted by atomic mass is 10.3. The average molecular weight is 265 g/mol. The lowest BCUT2D eigenvalue weighted by Crippen LogP contribution is -2.15. The number of anilines is 2. The highest BCUT2D eigenvalue weighted by Gasteiger charge is 2.09. The van der Waals surface area contributed by atoms with E-state index in [0.717, 1.165) is 5.69 Å². The van der Waals surface area contributed by atoms with Crippen molar-refractivity contribution < 1.29 is 0 Å². The second-order valence-electron chi connectivity index (χ2n) is 3.22. The Morgan fingerprint density at radius 3 is 2.65 bits per heavy atom. The minimum atomic E-state index is 0.188. The zero-order valence-corrected chi connectivity index (χ0v) is 10.3. The van der Waals surface area contributed by atoms with E-state index in [1.807, 2.05) is 18.2 Å². The van der Waals surface area contributed by atoms with Crippen LogP contribution in [0.25, 0.3) is 0 Å². The predicted octanol–water partition coefficient (Wildman–Crippen LogP) is 2.51. The fraction of sp³-hybridized carbons (Fsp3) is 0. The van der Waals surface area contributed by atoms with Crippen LogP contribution in [0.5, 0.6) is 0 Å². The first kappa shape index (κ1) is 11.8. The van der Waals surface area contributed by atoms with E-state index in [4.69, 9.17) is 29.6 Å². The van der Waals surface area contributed by atoms with E-state index >= 15 is 0 Å². The van der Waals surface area contributed by atoms with Crippen LogP contribution in [-0.2, 0) is 0 Å². The van der Waals surface area contributed by atoms with Crippen molar-refractivity contribution in [2.75, 3.05) is 5.32 Å². The molecule has 0 radical (unpaired) electrons. The molecule has 2 rings (SSSR count). The molecule has 0 bridgehead atoms. The summed E-state index contributed by atoms with van der Waals surface area (Å²) < 4.78 is 0. The van der Waals surface area contributed by atoms with Crippen LogP contribution in [0.3, 0.4) is 0 Å². The number of hydrogen-bond acceptors (Lipinski definition) is 4. The average Bonchev–Trinajstić information content (AvgIpc) is 2.32. The maximum absolute atomic E-state index is 6.03. The summed E-state index contributed by atoms with van der Waals surface area (Å²) in [5, 5.41) is 3.64. The molecule has 3 N–H and O–H groups in total. The third kappa shape index (κ3) is 2.69. The summed E-state index contributed by atoms with van der Waals surface area (Å²) in [5.74, 6) is 0.494. The number of aromatic nitrogens is 2. The van der Waals surface area contributed by atoms with Gasteiger partial charge in [0.25, 0.3) is 0 Å². The molecule has 1 aromatic heterocycles. The van der Waals surface area contributed by atoms with Gasteiger partial charge in [0.15, 0.2) is 5.82 Å². The molecule has 0 amide bonds. The van der Waals surface area contributed by atoms with E-state index in [1.54, 1.807) is 12.3 Å². The Morgan fingerprint density at radius 1 is 1.24 bits per heavy atom. The van der Waals surface area contributed by atoms with Crippen molar-refractivity contribution in [1.29, 1.82) is 0 Å². The van der Waals surface area contributed by atoms with Crippen molar-refractivity contribution in [2.24, 2.45) is 5.73 Å². The molecule has 17 heavy (non-hydrogen) atoms. The number of nitrogens with one attached hydrogen (secondary N) is 1. The molecule has 2 aromatic rings. The van der Waals surface area contributed by atoms with E-state index in [0.29, 0.717) is 16.5 Å². The van der Waals surface area contributed by atoms with Gasteiger partial charge in [-0.1, -0.05) is 36.0 Å². The summed E-state index contributed by atoms with van der Waals surface area (Å²) in [5.41, 5.74) is 6.74. The molecule has 0 saturated carbocycles. The molecular weight excluding hydrogens is 256 g/mol. The molecule has 0 spiro atoms. The highest BCUT2D eigenvalue weighted by molar-refractivity contribution is 7.80. The van der Waals surface area contributed by atoms with Gasteiger partial charge < -0.3 is 11.1 Å². The predicted molar refractivity (Wildman–Crippen MR) is 72.7 cm³/mol. The standard InChI is InChI=1S/C11H9ClN4S/c12-7-3-1-2-4-8(7)16-11-9(10(13)17)14-5-6-15-11/h1-6H,(H2,13,17)(H,15,16). The fourth-order valence-electron chi connectivity index (χ4n) is 1.30. The number of para-hydroxylation sites is 1. The Labute approximate surface area is 109 Å². The van der Waals surface area contributed by atoms with Gasteiger partial charge in [-0.05, 0) is 12.1 Å². The van der Waals surface area contributed by atoms with Gasteiger partial charge in [-0.2, -0.15) is 0 Å². The number of nitrogens with two attached hydrogens (primary N) is 1. The third-order valence-corrected chi connectivity index (χ3v) is 2.58. The van der Waals surface area contributed by atoms with Crippen LogP contribution < -0.4 is 11.1 Å². The Kier molecular flexibility index (Phi) is 3.51. The normalized spacial score (nSPS) is 9.94. The van der Waals surface area contributed by atoms with E-state index in [1.165, 1.54) is 6.20 Å². The van der Waals surface area contributed by atoms with E-state index in [2.05, 4.69) is 15.3 Å². The van der Waals surface area contributed by atoms with Gasteiger partial charge in [-0.25, -0.2) is 9.97 Å². The molecule has 86 valence electrons. The number of benzene rings is 1. The smallest absolute Gasteiger partial charge is 0.159 e. The van der Waals surface area contributed by atoms with Crippen molar-refractivity contribution >= 4 is 40.3 Å². The fourth-order valence-corrected chi connectivity index (χ4v) is 1.63. The van der Waals surface area contributed by atoms with Gasteiger partial charge in [0.2, 0.25) is 0 Å². The van der Waals surface area contributed by atoms with Gasteiger partial charge in [0.1, 0.15) is 10.7 Å². The molecule has 6 heteroatoms. The molecule has 0 aliphatic heterocycles. The molecule has 0 aliphatic carbocycles. The number of halogens is 1. The van der Waals surface area contributed by atoms with Gasteiger partial charge in [0, 0.05) is 12.4 Å². The summed E-state index contributed by atoms with van der Waals surface area (Å²) in [6.45, 7) is 0. The van der Waals surface area contributed by atoms with Crippen LogP contribution in [-0.4, -0.2) is 15.0 Å². The van der Waals surface area contributed by atoms with Crippen LogP contribution in [0.4, 0.5) is 11.5 Å². The van der Waals surface area contributed by atoms with Crippen molar-refractivity contribution in [1.82, 2.24) is 9.97 Å². The molecule has 0 aliphatic rings. The van der Waals surface area contributed by atoms with Crippen molar-refractivity contribution in [3.05, 3.63) is 47.4 Å². The Bertz CT molecular complexity index is 559. The monoisotopic (exact) mass is 264 g/mol. The number of nitrogens with zero attached hydrogens (tertiary/aromatic N) is 2. The van der Waals surface area contributed by atoms with E-state index in [9.17, 15) is 0 Å². The molecular formula is C11H9ClN4S.